The van der Waals surface area contributed by atoms with Gasteiger partial charge in [-0.3, -0.25) is 4.79 Å². The Morgan fingerprint density at radius 1 is 1.14 bits per heavy atom. The van der Waals surface area contributed by atoms with E-state index in [4.69, 9.17) is 5.73 Å². The van der Waals surface area contributed by atoms with Crippen LogP contribution >= 0.6 is 0 Å². The van der Waals surface area contributed by atoms with Gasteiger partial charge in [0.05, 0.1) is 12.2 Å². The van der Waals surface area contributed by atoms with Crippen molar-refractivity contribution >= 4 is 22.8 Å². The normalized spacial score (nSPS) is 10.8. The van der Waals surface area contributed by atoms with Crippen molar-refractivity contribution < 1.29 is 4.79 Å². The highest BCUT2D eigenvalue weighted by Gasteiger charge is 2.11. The number of nitrogens with one attached hydrogen (secondary N) is 1. The summed E-state index contributed by atoms with van der Waals surface area (Å²) in [6, 6.07) is 12.3. The fraction of sp³-hybridized carbons (Fsp3) is 0.235. The zero-order valence-electron chi connectivity index (χ0n) is 12.8. The molecule has 0 heterocycles. The summed E-state index contributed by atoms with van der Waals surface area (Å²) in [6.07, 6.45) is 0.950. The lowest BCUT2D eigenvalue weighted by Gasteiger charge is -2.07. The van der Waals surface area contributed by atoms with Crippen molar-refractivity contribution in [2.45, 2.75) is 13.3 Å². The molecule has 5 heteroatoms. The second kappa shape index (κ2) is 7.36. The number of carbonyl (C=O) groups is 1. The molecule has 0 atom stereocenters. The van der Waals surface area contributed by atoms with Gasteiger partial charge in [0.15, 0.2) is 5.78 Å². The Bertz CT molecular complexity index is 678. The number of azo groups is 1. The van der Waals surface area contributed by atoms with Crippen molar-refractivity contribution in [1.29, 1.82) is 0 Å². The average Bonchev–Trinajstić information content (AvgIpc) is 2.55. The number of carbonyl (C=O) groups excluding carboxylic acids is 1. The molecule has 2 rings (SSSR count). The van der Waals surface area contributed by atoms with E-state index in [0.717, 1.165) is 17.8 Å². The number of hydrogen-bond acceptors (Lipinski definition) is 5. The van der Waals surface area contributed by atoms with Crippen molar-refractivity contribution in [3.05, 3.63) is 53.6 Å². The quantitative estimate of drug-likeness (QED) is 0.479. The summed E-state index contributed by atoms with van der Waals surface area (Å²) in [7, 11) is 1.80. The molecule has 5 nitrogen and oxygen atoms in total. The molecule has 0 aromatic heterocycles. The first-order valence-corrected chi connectivity index (χ1v) is 7.25. The third kappa shape index (κ3) is 3.69. The van der Waals surface area contributed by atoms with Gasteiger partial charge in [0, 0.05) is 23.9 Å². The van der Waals surface area contributed by atoms with Crippen LogP contribution in [0.15, 0.2) is 52.7 Å². The van der Waals surface area contributed by atoms with Gasteiger partial charge in [0.25, 0.3) is 0 Å². The highest BCUT2D eigenvalue weighted by atomic mass is 16.1. The van der Waals surface area contributed by atoms with E-state index in [1.54, 1.807) is 49.5 Å². The maximum absolute atomic E-state index is 12.5. The van der Waals surface area contributed by atoms with E-state index in [1.165, 1.54) is 0 Å². The van der Waals surface area contributed by atoms with Gasteiger partial charge >= 0.3 is 0 Å². The maximum atomic E-state index is 12.5. The van der Waals surface area contributed by atoms with E-state index in [9.17, 15) is 4.79 Å². The first-order valence-electron chi connectivity index (χ1n) is 7.25. The standard InChI is InChI=1S/C17H20N4O/c1-3-10-20-21-15-9-6-13(11-16(15)19-2)17(22)12-4-7-14(18)8-5-12/h4-9,11,19H,3,10,18H2,1-2H3. The van der Waals surface area contributed by atoms with Gasteiger partial charge in [-0.15, -0.1) is 0 Å². The van der Waals surface area contributed by atoms with Crippen LogP contribution in [0.1, 0.15) is 29.3 Å². The molecule has 3 N–H and O–H groups in total. The van der Waals surface area contributed by atoms with Gasteiger partial charge in [-0.05, 0) is 48.9 Å². The summed E-state index contributed by atoms with van der Waals surface area (Å²) in [5.41, 5.74) is 9.00. The molecule has 0 saturated heterocycles. The number of benzene rings is 2. The van der Waals surface area contributed by atoms with Gasteiger partial charge in [-0.1, -0.05) is 6.92 Å². The van der Waals surface area contributed by atoms with Gasteiger partial charge in [0.2, 0.25) is 0 Å². The molecular formula is C17H20N4O. The minimum atomic E-state index is -0.0476. The minimum Gasteiger partial charge on any atom is -0.399 e. The Kier molecular flexibility index (Phi) is 5.25. The van der Waals surface area contributed by atoms with Gasteiger partial charge < -0.3 is 11.1 Å². The van der Waals surface area contributed by atoms with E-state index in [0.29, 0.717) is 23.4 Å². The van der Waals surface area contributed by atoms with Crippen molar-refractivity contribution in [2.75, 3.05) is 24.6 Å². The number of nitrogens with two attached hydrogens (primary N) is 1. The first kappa shape index (κ1) is 15.7. The highest BCUT2D eigenvalue weighted by Crippen LogP contribution is 2.27. The topological polar surface area (TPSA) is 79.8 Å². The maximum Gasteiger partial charge on any atom is 0.193 e. The van der Waals surface area contributed by atoms with Crippen LogP contribution in [0.4, 0.5) is 17.1 Å². The molecule has 114 valence electrons. The lowest BCUT2D eigenvalue weighted by molar-refractivity contribution is 0.103. The molecule has 0 unspecified atom stereocenters. The van der Waals surface area contributed by atoms with Gasteiger partial charge in [-0.2, -0.15) is 10.2 Å². The Balaban J connectivity index is 2.28. The summed E-state index contributed by atoms with van der Waals surface area (Å²) >= 11 is 0. The van der Waals surface area contributed by atoms with Crippen LogP contribution in [0.2, 0.25) is 0 Å². The largest absolute Gasteiger partial charge is 0.399 e. The van der Waals surface area contributed by atoms with Crippen molar-refractivity contribution in [2.24, 2.45) is 10.2 Å². The van der Waals surface area contributed by atoms with Crippen LogP contribution in [0.25, 0.3) is 0 Å². The number of nitrogens with zero attached hydrogens (tertiary/aromatic N) is 2. The molecule has 0 bridgehead atoms. The molecule has 0 aliphatic rings. The second-order valence-electron chi connectivity index (χ2n) is 4.90. The Morgan fingerprint density at radius 3 is 2.45 bits per heavy atom. The number of ketones is 1. The SMILES string of the molecule is CCCN=Nc1ccc(C(=O)c2ccc(N)cc2)cc1NC. The lowest BCUT2D eigenvalue weighted by atomic mass is 10.0. The molecule has 2 aromatic rings. The summed E-state index contributed by atoms with van der Waals surface area (Å²) < 4.78 is 0. The van der Waals surface area contributed by atoms with Crippen LogP contribution in [0, 0.1) is 0 Å². The Hall–Kier alpha value is -2.69. The second-order valence-corrected chi connectivity index (χ2v) is 4.90. The third-order valence-corrected chi connectivity index (χ3v) is 3.20. The molecule has 2 aromatic carbocycles. The first-order chi connectivity index (χ1) is 10.7. The molecule has 0 fully saturated rings. The third-order valence-electron chi connectivity index (χ3n) is 3.20. The summed E-state index contributed by atoms with van der Waals surface area (Å²) in [6.45, 7) is 2.74. The predicted octanol–water partition coefficient (Wildman–Crippen LogP) is 4.04. The summed E-state index contributed by atoms with van der Waals surface area (Å²) in [5.74, 6) is -0.0476. The van der Waals surface area contributed by atoms with Crippen LogP contribution < -0.4 is 11.1 Å². The molecule has 0 aliphatic heterocycles. The van der Waals surface area contributed by atoms with Crippen LogP contribution in [-0.4, -0.2) is 19.4 Å². The van der Waals surface area contributed by atoms with Crippen LogP contribution in [0.5, 0.6) is 0 Å². The fourth-order valence-electron chi connectivity index (χ4n) is 1.99. The smallest absolute Gasteiger partial charge is 0.193 e. The number of hydrogen-bond donors (Lipinski definition) is 2. The molecule has 22 heavy (non-hydrogen) atoms. The molecule has 0 saturated carbocycles. The summed E-state index contributed by atoms with van der Waals surface area (Å²) in [5, 5.41) is 11.3. The number of rotatable bonds is 6. The number of anilines is 2. The molecule has 0 amide bonds. The minimum absolute atomic E-state index is 0.0476. The van der Waals surface area contributed by atoms with Crippen LogP contribution in [-0.2, 0) is 0 Å². The van der Waals surface area contributed by atoms with Crippen molar-refractivity contribution in [3.63, 3.8) is 0 Å². The fourth-order valence-corrected chi connectivity index (χ4v) is 1.99. The zero-order chi connectivity index (χ0) is 15.9. The molecule has 0 spiro atoms. The Morgan fingerprint density at radius 2 is 1.82 bits per heavy atom. The van der Waals surface area contributed by atoms with E-state index in [-0.39, 0.29) is 5.78 Å². The van der Waals surface area contributed by atoms with E-state index >= 15 is 0 Å². The van der Waals surface area contributed by atoms with Crippen molar-refractivity contribution in [3.8, 4) is 0 Å². The van der Waals surface area contributed by atoms with E-state index in [2.05, 4.69) is 15.5 Å². The monoisotopic (exact) mass is 296 g/mol. The molecule has 0 aliphatic carbocycles. The predicted molar refractivity (Wildman–Crippen MR) is 89.9 cm³/mol. The molecule has 0 radical (unpaired) electrons. The lowest BCUT2D eigenvalue weighted by Crippen LogP contribution is -2.02. The van der Waals surface area contributed by atoms with Crippen LogP contribution in [0.3, 0.4) is 0 Å². The summed E-state index contributed by atoms with van der Waals surface area (Å²) in [4.78, 5) is 12.5. The van der Waals surface area contributed by atoms with E-state index in [1.807, 2.05) is 6.92 Å². The average molecular weight is 296 g/mol. The van der Waals surface area contributed by atoms with Gasteiger partial charge in [-0.25, -0.2) is 0 Å². The Labute approximate surface area is 130 Å². The number of nitrogen functional groups attached to an aromatic ring is 1. The highest BCUT2D eigenvalue weighted by molar-refractivity contribution is 6.09. The zero-order valence-corrected chi connectivity index (χ0v) is 12.8. The molecular weight excluding hydrogens is 276 g/mol. The van der Waals surface area contributed by atoms with E-state index < -0.39 is 0 Å². The van der Waals surface area contributed by atoms with Gasteiger partial charge in [0.1, 0.15) is 5.69 Å². The van der Waals surface area contributed by atoms with Crippen molar-refractivity contribution in [1.82, 2.24) is 0 Å².